The van der Waals surface area contributed by atoms with Gasteiger partial charge in [-0.25, -0.2) is 0 Å². The summed E-state index contributed by atoms with van der Waals surface area (Å²) in [6.45, 7) is 17.0. The number of hydrogen-bond acceptors (Lipinski definition) is 2. The molecule has 144 valence electrons. The van der Waals surface area contributed by atoms with Gasteiger partial charge in [0.25, 0.3) is 0 Å². The quantitative estimate of drug-likeness (QED) is 0.452. The van der Waals surface area contributed by atoms with E-state index in [4.69, 9.17) is 4.12 Å². The molecule has 0 rings (SSSR count). The zero-order chi connectivity index (χ0) is 13.2. The molecule has 4 heteroatoms. The fourth-order valence-corrected chi connectivity index (χ4v) is 9.86. The van der Waals surface area contributed by atoms with Crippen LogP contribution in [0.1, 0.15) is 71.8 Å². The second-order valence-electron chi connectivity index (χ2n) is 6.81. The van der Waals surface area contributed by atoms with Gasteiger partial charge in [0.15, 0.2) is 16.6 Å². The van der Waals surface area contributed by atoms with Crippen LogP contribution in [-0.2, 0) is 8.91 Å². The van der Waals surface area contributed by atoms with Crippen LogP contribution in [0.5, 0.6) is 0 Å². The molecule has 0 aliphatic heterocycles. The van der Waals surface area contributed by atoms with Crippen LogP contribution in [0.3, 0.4) is 0 Å². The first kappa shape index (κ1) is 43.1. The predicted molar refractivity (Wildman–Crippen MR) is 116 cm³/mol. The minimum atomic E-state index is -1.82. The van der Waals surface area contributed by atoms with Crippen molar-refractivity contribution in [3.63, 3.8) is 0 Å². The van der Waals surface area contributed by atoms with Crippen LogP contribution in [0, 0.1) is 5.41 Å². The van der Waals surface area contributed by atoms with Gasteiger partial charge < -0.3 is 4.12 Å². The standard InChI is InChI=1S/C12H28O2Si2.6CH4/c1-9-12(2,3)11(13)10-16(7,8)14-15(4,5)6;;;;;;/h9-10H2,1-8H3;6*1H4. The summed E-state index contributed by atoms with van der Waals surface area (Å²) in [5, 5.41) is 0. The van der Waals surface area contributed by atoms with Gasteiger partial charge in [0, 0.05) is 11.5 Å². The summed E-state index contributed by atoms with van der Waals surface area (Å²) >= 11 is 0. The molecule has 0 aromatic carbocycles. The van der Waals surface area contributed by atoms with Gasteiger partial charge in [-0.15, -0.1) is 0 Å². The zero-order valence-electron chi connectivity index (χ0n) is 12.2. The lowest BCUT2D eigenvalue weighted by Gasteiger charge is -2.33. The Hall–Kier alpha value is 0.0638. The second kappa shape index (κ2) is 14.6. The number of Topliss-reactive ketones (excluding diaryl/α,β-unsaturated/α-hetero) is 1. The molecule has 0 spiro atoms. The third kappa shape index (κ3) is 18.1. The van der Waals surface area contributed by atoms with Crippen molar-refractivity contribution in [3.8, 4) is 0 Å². The molecule has 0 heterocycles. The fourth-order valence-electron chi connectivity index (χ4n) is 1.69. The van der Waals surface area contributed by atoms with Crippen LogP contribution in [0.25, 0.3) is 0 Å². The van der Waals surface area contributed by atoms with Gasteiger partial charge in [0.1, 0.15) is 5.78 Å². The summed E-state index contributed by atoms with van der Waals surface area (Å²) in [6, 6.07) is 0.651. The molecule has 0 bridgehead atoms. The van der Waals surface area contributed by atoms with Gasteiger partial charge in [-0.2, -0.15) is 0 Å². The van der Waals surface area contributed by atoms with E-state index in [2.05, 4.69) is 39.7 Å². The molecule has 0 radical (unpaired) electrons. The third-order valence-corrected chi connectivity index (χ3v) is 8.64. The monoisotopic (exact) mass is 356 g/mol. The number of rotatable bonds is 6. The van der Waals surface area contributed by atoms with E-state index in [1.165, 1.54) is 0 Å². The van der Waals surface area contributed by atoms with Crippen molar-refractivity contribution in [2.24, 2.45) is 5.41 Å². The Morgan fingerprint density at radius 3 is 1.41 bits per heavy atom. The van der Waals surface area contributed by atoms with Gasteiger partial charge in [0.2, 0.25) is 0 Å². The van der Waals surface area contributed by atoms with Gasteiger partial charge in [-0.1, -0.05) is 65.3 Å². The Kier molecular flexibility index (Phi) is 28.7. The molecule has 0 atom stereocenters. The molecule has 0 fully saturated rings. The van der Waals surface area contributed by atoms with Crippen LogP contribution < -0.4 is 0 Å². The van der Waals surface area contributed by atoms with E-state index in [0.717, 1.165) is 6.42 Å². The summed E-state index contributed by atoms with van der Waals surface area (Å²) < 4.78 is 6.19. The molecule has 0 saturated heterocycles. The average Bonchev–Trinajstić information content (AvgIpc) is 1.98. The maximum absolute atomic E-state index is 12.2. The van der Waals surface area contributed by atoms with E-state index in [1.807, 2.05) is 13.8 Å². The molecule has 0 unspecified atom stereocenters. The Labute approximate surface area is 147 Å². The summed E-state index contributed by atoms with van der Waals surface area (Å²) in [7, 11) is -3.33. The summed E-state index contributed by atoms with van der Waals surface area (Å²) in [5.41, 5.74) is -0.187. The molecule has 0 aliphatic carbocycles. The number of hydrogen-bond donors (Lipinski definition) is 0. The van der Waals surface area contributed by atoms with E-state index in [1.54, 1.807) is 0 Å². The summed E-state index contributed by atoms with van der Waals surface area (Å²) in [5.74, 6) is 0.366. The minimum absolute atomic E-state index is 0. The predicted octanol–water partition coefficient (Wildman–Crippen LogP) is 7.86. The normalized spacial score (nSPS) is 10.2. The van der Waals surface area contributed by atoms with E-state index in [0.29, 0.717) is 11.8 Å². The lowest BCUT2D eigenvalue weighted by molar-refractivity contribution is -0.125. The Morgan fingerprint density at radius 2 is 1.18 bits per heavy atom. The van der Waals surface area contributed by atoms with Crippen molar-refractivity contribution in [2.75, 3.05) is 0 Å². The minimum Gasteiger partial charge on any atom is -0.455 e. The topological polar surface area (TPSA) is 26.3 Å². The average molecular weight is 357 g/mol. The largest absolute Gasteiger partial charge is 0.455 e. The summed E-state index contributed by atoms with van der Waals surface area (Å²) in [6.07, 6.45) is 0.906. The molecule has 0 aromatic heterocycles. The van der Waals surface area contributed by atoms with E-state index in [9.17, 15) is 4.79 Å². The van der Waals surface area contributed by atoms with Crippen LogP contribution in [0.2, 0.25) is 38.8 Å². The molecular formula is C18H52O2Si2. The SMILES string of the molecule is C.C.C.C.C.C.CCC(C)(C)C(=O)C[Si](C)(C)O[Si](C)(C)C. The Bertz CT molecular complexity index is 254. The molecule has 0 amide bonds. The van der Waals surface area contributed by atoms with E-state index >= 15 is 0 Å². The molecule has 0 aromatic rings. The van der Waals surface area contributed by atoms with Gasteiger partial charge >= 0.3 is 0 Å². The highest BCUT2D eigenvalue weighted by Crippen LogP contribution is 2.28. The molecular weight excluding hydrogens is 304 g/mol. The highest BCUT2D eigenvalue weighted by Gasteiger charge is 2.36. The highest BCUT2D eigenvalue weighted by atomic mass is 28.4. The summed E-state index contributed by atoms with van der Waals surface area (Å²) in [4.78, 5) is 12.2. The van der Waals surface area contributed by atoms with Crippen molar-refractivity contribution in [1.82, 2.24) is 0 Å². The van der Waals surface area contributed by atoms with E-state index in [-0.39, 0.29) is 50.0 Å². The van der Waals surface area contributed by atoms with Gasteiger partial charge in [-0.3, -0.25) is 4.79 Å². The third-order valence-electron chi connectivity index (χ3n) is 2.81. The Balaban J connectivity index is -0.0000000750. The second-order valence-corrected chi connectivity index (χ2v) is 15.7. The number of carbonyl (C=O) groups is 1. The molecule has 0 aliphatic rings. The van der Waals surface area contributed by atoms with Crippen LogP contribution in [0.4, 0.5) is 0 Å². The Morgan fingerprint density at radius 1 is 0.864 bits per heavy atom. The lowest BCUT2D eigenvalue weighted by Crippen LogP contribution is -2.45. The lowest BCUT2D eigenvalue weighted by atomic mass is 9.86. The first-order valence-electron chi connectivity index (χ1n) is 6.13. The van der Waals surface area contributed by atoms with Crippen molar-refractivity contribution in [2.45, 2.75) is 111 Å². The van der Waals surface area contributed by atoms with Gasteiger partial charge in [0.05, 0.1) is 0 Å². The van der Waals surface area contributed by atoms with Crippen molar-refractivity contribution in [1.29, 1.82) is 0 Å². The fraction of sp³-hybridized carbons (Fsp3) is 0.944. The zero-order valence-corrected chi connectivity index (χ0v) is 14.2. The highest BCUT2D eigenvalue weighted by molar-refractivity contribution is 6.85. The van der Waals surface area contributed by atoms with Crippen LogP contribution in [0.15, 0.2) is 0 Å². The van der Waals surface area contributed by atoms with E-state index < -0.39 is 16.6 Å². The first-order chi connectivity index (χ1) is 6.90. The van der Waals surface area contributed by atoms with Crippen molar-refractivity contribution < 1.29 is 8.91 Å². The molecule has 0 saturated carbocycles. The van der Waals surface area contributed by atoms with Crippen molar-refractivity contribution >= 4 is 22.4 Å². The van der Waals surface area contributed by atoms with Crippen molar-refractivity contribution in [3.05, 3.63) is 0 Å². The van der Waals surface area contributed by atoms with Crippen LogP contribution >= 0.6 is 0 Å². The number of ketones is 1. The number of carbonyl (C=O) groups excluding carboxylic acids is 1. The first-order valence-corrected chi connectivity index (χ1v) is 12.7. The maximum atomic E-state index is 12.2. The smallest absolute Gasteiger partial charge is 0.180 e. The maximum Gasteiger partial charge on any atom is 0.180 e. The molecule has 0 N–H and O–H groups in total. The van der Waals surface area contributed by atoms with Gasteiger partial charge in [-0.05, 0) is 39.2 Å². The van der Waals surface area contributed by atoms with Crippen LogP contribution in [-0.4, -0.2) is 22.4 Å². The molecule has 22 heavy (non-hydrogen) atoms. The molecule has 2 nitrogen and oxygen atoms in total.